The van der Waals surface area contributed by atoms with Gasteiger partial charge in [-0.15, -0.1) is 16.6 Å². The van der Waals surface area contributed by atoms with Crippen molar-refractivity contribution in [1.29, 1.82) is 0 Å². The highest BCUT2D eigenvalue weighted by Gasteiger charge is 2.08. The topological polar surface area (TPSA) is 43.1 Å². The Hall–Kier alpha value is -2.39. The molecule has 98 valence electrons. The van der Waals surface area contributed by atoms with E-state index < -0.39 is 0 Å². The molecular weight excluding hydrogens is 275 g/mol. The second-order valence-corrected chi connectivity index (χ2v) is 4.91. The van der Waals surface area contributed by atoms with E-state index in [4.69, 9.17) is 6.42 Å². The maximum atomic E-state index is 12.9. The van der Waals surface area contributed by atoms with E-state index in [0.717, 1.165) is 11.3 Å². The van der Waals surface area contributed by atoms with Crippen molar-refractivity contribution in [3.63, 3.8) is 0 Å². The summed E-state index contributed by atoms with van der Waals surface area (Å²) in [7, 11) is 0. The molecule has 1 aromatic carbocycles. The number of nitrogens with zero attached hydrogens (tertiary/aromatic N) is 4. The smallest absolute Gasteiger partial charge is 0.207 e. The third-order valence-electron chi connectivity index (χ3n) is 2.66. The Bertz CT molecular complexity index is 789. The van der Waals surface area contributed by atoms with Gasteiger partial charge in [-0.05, 0) is 36.4 Å². The van der Waals surface area contributed by atoms with Crippen LogP contribution in [0.2, 0.25) is 0 Å². The molecule has 4 nitrogen and oxygen atoms in total. The fourth-order valence-corrected chi connectivity index (χ4v) is 2.31. The molecule has 6 heteroatoms. The van der Waals surface area contributed by atoms with Crippen molar-refractivity contribution in [3.05, 3.63) is 42.2 Å². The van der Waals surface area contributed by atoms with Crippen molar-refractivity contribution >= 4 is 17.4 Å². The minimum atomic E-state index is -0.274. The lowest BCUT2D eigenvalue weighted by atomic mass is 10.1. The summed E-state index contributed by atoms with van der Waals surface area (Å²) in [5, 5.41) is 13.2. The zero-order chi connectivity index (χ0) is 13.9. The van der Waals surface area contributed by atoms with Crippen LogP contribution in [0, 0.1) is 18.2 Å². The third-order valence-corrected chi connectivity index (χ3v) is 3.48. The molecule has 0 bridgehead atoms. The van der Waals surface area contributed by atoms with Crippen molar-refractivity contribution in [3.8, 4) is 23.6 Å². The van der Waals surface area contributed by atoms with E-state index in [1.165, 1.54) is 23.9 Å². The molecule has 3 aromatic rings. The molecule has 0 aliphatic heterocycles. The molecule has 0 N–H and O–H groups in total. The molecule has 20 heavy (non-hydrogen) atoms. The van der Waals surface area contributed by atoms with Crippen LogP contribution in [0.1, 0.15) is 0 Å². The number of terminal acetylenes is 1. The van der Waals surface area contributed by atoms with Crippen LogP contribution in [0.5, 0.6) is 0 Å². The predicted molar refractivity (Wildman–Crippen MR) is 75.7 cm³/mol. The van der Waals surface area contributed by atoms with Gasteiger partial charge in [0.05, 0.1) is 11.4 Å². The van der Waals surface area contributed by atoms with Crippen molar-refractivity contribution in [2.24, 2.45) is 0 Å². The summed E-state index contributed by atoms with van der Waals surface area (Å²) in [5.74, 6) is 2.77. The Morgan fingerprint density at radius 3 is 2.70 bits per heavy atom. The average Bonchev–Trinajstić information content (AvgIpc) is 2.88. The molecule has 0 unspecified atom stereocenters. The molecule has 0 amide bonds. The summed E-state index contributed by atoms with van der Waals surface area (Å²) < 4.78 is 14.6. The standard InChI is InChI=1S/C14H9FN4S/c1-2-9-20-14-17-16-13-8-7-12(18-19(13)14)10-3-5-11(15)6-4-10/h1,3-8H,9H2. The molecule has 0 saturated carbocycles. The average molecular weight is 284 g/mol. The molecule has 0 atom stereocenters. The Morgan fingerprint density at radius 2 is 1.95 bits per heavy atom. The van der Waals surface area contributed by atoms with Crippen LogP contribution in [-0.4, -0.2) is 25.6 Å². The molecule has 0 saturated heterocycles. The van der Waals surface area contributed by atoms with Gasteiger partial charge < -0.3 is 0 Å². The monoisotopic (exact) mass is 284 g/mol. The van der Waals surface area contributed by atoms with Gasteiger partial charge in [-0.3, -0.25) is 0 Å². The van der Waals surface area contributed by atoms with E-state index in [9.17, 15) is 4.39 Å². The number of fused-ring (bicyclic) bond motifs is 1. The van der Waals surface area contributed by atoms with Crippen LogP contribution in [0.25, 0.3) is 16.9 Å². The zero-order valence-electron chi connectivity index (χ0n) is 10.3. The molecule has 0 aliphatic rings. The lowest BCUT2D eigenvalue weighted by Gasteiger charge is -2.02. The number of hydrogen-bond donors (Lipinski definition) is 0. The maximum Gasteiger partial charge on any atom is 0.213 e. The van der Waals surface area contributed by atoms with Gasteiger partial charge in [0, 0.05) is 5.56 Å². The zero-order valence-corrected chi connectivity index (χ0v) is 11.1. The fourth-order valence-electron chi connectivity index (χ4n) is 1.74. The van der Waals surface area contributed by atoms with Gasteiger partial charge in [0.2, 0.25) is 5.16 Å². The quantitative estimate of drug-likeness (QED) is 0.548. The summed E-state index contributed by atoms with van der Waals surface area (Å²) in [6.45, 7) is 0. The van der Waals surface area contributed by atoms with E-state index in [0.29, 0.717) is 16.6 Å². The summed E-state index contributed by atoms with van der Waals surface area (Å²) in [4.78, 5) is 0. The SMILES string of the molecule is C#CCSc1nnc2ccc(-c3ccc(F)cc3)nn12. The molecule has 0 aliphatic carbocycles. The van der Waals surface area contributed by atoms with Crippen LogP contribution in [-0.2, 0) is 0 Å². The lowest BCUT2D eigenvalue weighted by molar-refractivity contribution is 0.628. The largest absolute Gasteiger partial charge is 0.213 e. The molecule has 0 fully saturated rings. The Kier molecular flexibility index (Phi) is 3.35. The first-order valence-corrected chi connectivity index (χ1v) is 6.81. The molecule has 3 rings (SSSR count). The number of hydrogen-bond acceptors (Lipinski definition) is 4. The summed E-state index contributed by atoms with van der Waals surface area (Å²) in [6, 6.07) is 9.82. The summed E-state index contributed by atoms with van der Waals surface area (Å²) >= 11 is 1.39. The molecule has 2 aromatic heterocycles. The number of rotatable bonds is 3. The minimum Gasteiger partial charge on any atom is -0.207 e. The number of benzene rings is 1. The van der Waals surface area contributed by atoms with E-state index in [1.807, 2.05) is 12.1 Å². The van der Waals surface area contributed by atoms with Gasteiger partial charge in [-0.25, -0.2) is 4.39 Å². The maximum absolute atomic E-state index is 12.9. The molecule has 0 radical (unpaired) electrons. The number of halogens is 1. The normalized spacial score (nSPS) is 10.6. The van der Waals surface area contributed by atoms with E-state index in [1.54, 1.807) is 16.6 Å². The third kappa shape index (κ3) is 2.36. The van der Waals surface area contributed by atoms with Gasteiger partial charge in [0.15, 0.2) is 5.65 Å². The Balaban J connectivity index is 2.05. The lowest BCUT2D eigenvalue weighted by Crippen LogP contribution is -1.96. The van der Waals surface area contributed by atoms with Crippen molar-refractivity contribution in [2.75, 3.05) is 5.75 Å². The summed E-state index contributed by atoms with van der Waals surface area (Å²) in [5.41, 5.74) is 2.20. The van der Waals surface area contributed by atoms with E-state index >= 15 is 0 Å². The number of thioether (sulfide) groups is 1. The van der Waals surface area contributed by atoms with Crippen LogP contribution in [0.15, 0.2) is 41.6 Å². The first kappa shape index (κ1) is 12.6. The van der Waals surface area contributed by atoms with E-state index in [-0.39, 0.29) is 5.82 Å². The van der Waals surface area contributed by atoms with Gasteiger partial charge in [0.25, 0.3) is 0 Å². The highest BCUT2D eigenvalue weighted by atomic mass is 32.2. The second-order valence-electron chi connectivity index (χ2n) is 3.97. The minimum absolute atomic E-state index is 0.274. The number of aromatic nitrogens is 4. The Morgan fingerprint density at radius 1 is 1.15 bits per heavy atom. The van der Waals surface area contributed by atoms with Crippen LogP contribution >= 0.6 is 11.8 Å². The highest BCUT2D eigenvalue weighted by Crippen LogP contribution is 2.20. The summed E-state index contributed by atoms with van der Waals surface area (Å²) in [6.07, 6.45) is 5.24. The molecule has 2 heterocycles. The van der Waals surface area contributed by atoms with Gasteiger partial charge in [-0.1, -0.05) is 17.7 Å². The van der Waals surface area contributed by atoms with Gasteiger partial charge in [0.1, 0.15) is 5.82 Å². The Labute approximate surface area is 119 Å². The predicted octanol–water partition coefficient (Wildman–Crippen LogP) is 2.66. The highest BCUT2D eigenvalue weighted by molar-refractivity contribution is 7.99. The van der Waals surface area contributed by atoms with Crippen LogP contribution < -0.4 is 0 Å². The molecule has 0 spiro atoms. The van der Waals surface area contributed by atoms with Crippen LogP contribution in [0.4, 0.5) is 4.39 Å². The van der Waals surface area contributed by atoms with Crippen molar-refractivity contribution < 1.29 is 4.39 Å². The van der Waals surface area contributed by atoms with E-state index in [2.05, 4.69) is 21.2 Å². The first-order valence-electron chi connectivity index (χ1n) is 5.82. The second kappa shape index (κ2) is 5.31. The van der Waals surface area contributed by atoms with Gasteiger partial charge in [-0.2, -0.15) is 9.61 Å². The van der Waals surface area contributed by atoms with Crippen LogP contribution in [0.3, 0.4) is 0 Å². The van der Waals surface area contributed by atoms with Crippen molar-refractivity contribution in [1.82, 2.24) is 19.8 Å². The van der Waals surface area contributed by atoms with Crippen molar-refractivity contribution in [2.45, 2.75) is 5.16 Å². The fraction of sp³-hybridized carbons (Fsp3) is 0.0714. The van der Waals surface area contributed by atoms with Gasteiger partial charge >= 0.3 is 0 Å². The first-order chi connectivity index (χ1) is 9.78. The molecular formula is C14H9FN4S.